The molecule has 1 aliphatic heterocycles. The van der Waals surface area contributed by atoms with Crippen molar-refractivity contribution in [1.82, 2.24) is 19.2 Å². The van der Waals surface area contributed by atoms with Crippen molar-refractivity contribution in [3.05, 3.63) is 35.9 Å². The Morgan fingerprint density at radius 2 is 2.20 bits per heavy atom. The topological polar surface area (TPSA) is 47.2 Å². The van der Waals surface area contributed by atoms with Crippen LogP contribution in [0.15, 0.2) is 24.7 Å². The summed E-state index contributed by atoms with van der Waals surface area (Å²) < 4.78 is 4.00. The Kier molecular flexibility index (Phi) is 2.36. The minimum atomic E-state index is 1.02. The fraction of sp³-hybridized carbons (Fsp3) is 0.333. The lowest BCUT2D eigenvalue weighted by Gasteiger charge is -2.13. The summed E-state index contributed by atoms with van der Waals surface area (Å²) >= 11 is 0. The highest BCUT2D eigenvalue weighted by Crippen LogP contribution is 2.29. The van der Waals surface area contributed by atoms with Gasteiger partial charge in [-0.2, -0.15) is 5.10 Å². The Hall–Kier alpha value is -2.30. The van der Waals surface area contributed by atoms with Gasteiger partial charge in [0.15, 0.2) is 0 Å². The van der Waals surface area contributed by atoms with Crippen LogP contribution in [0.25, 0.3) is 16.8 Å². The van der Waals surface area contributed by atoms with Crippen molar-refractivity contribution in [2.45, 2.75) is 19.8 Å². The Bertz CT molecular complexity index is 796. The van der Waals surface area contributed by atoms with E-state index in [0.717, 1.165) is 36.4 Å². The van der Waals surface area contributed by atoms with Crippen LogP contribution in [0.2, 0.25) is 0 Å². The smallest absolute Gasteiger partial charge is 0.138 e. The number of nitrogens with zero attached hydrogens (tertiary/aromatic N) is 4. The number of nitrogens with one attached hydrogen (secondary N) is 1. The van der Waals surface area contributed by atoms with Gasteiger partial charge >= 0.3 is 0 Å². The Morgan fingerprint density at radius 3 is 3.00 bits per heavy atom. The van der Waals surface area contributed by atoms with Gasteiger partial charge in [-0.15, -0.1) is 0 Å². The highest BCUT2D eigenvalue weighted by atomic mass is 15.2. The third kappa shape index (κ3) is 1.62. The third-order valence-corrected chi connectivity index (χ3v) is 3.94. The maximum atomic E-state index is 4.73. The van der Waals surface area contributed by atoms with E-state index < -0.39 is 0 Å². The van der Waals surface area contributed by atoms with E-state index in [0.29, 0.717) is 0 Å². The normalized spacial score (nSPS) is 14.3. The van der Waals surface area contributed by atoms with Crippen molar-refractivity contribution >= 4 is 11.5 Å². The molecule has 4 rings (SSSR count). The van der Waals surface area contributed by atoms with Crippen molar-refractivity contribution in [2.24, 2.45) is 7.05 Å². The van der Waals surface area contributed by atoms with E-state index in [-0.39, 0.29) is 0 Å². The van der Waals surface area contributed by atoms with Crippen LogP contribution in [0, 0.1) is 6.92 Å². The second-order valence-electron chi connectivity index (χ2n) is 5.44. The van der Waals surface area contributed by atoms with E-state index in [4.69, 9.17) is 4.98 Å². The van der Waals surface area contributed by atoms with Crippen LogP contribution in [-0.4, -0.2) is 25.7 Å². The first-order valence-electron chi connectivity index (χ1n) is 6.97. The first-order chi connectivity index (χ1) is 9.72. The molecular weight excluding hydrogens is 250 g/mol. The van der Waals surface area contributed by atoms with Gasteiger partial charge in [-0.1, -0.05) is 0 Å². The fourth-order valence-electron chi connectivity index (χ4n) is 2.92. The lowest BCUT2D eigenvalue weighted by atomic mass is 10.1. The number of aryl methyl sites for hydroxylation is 3. The molecule has 0 aromatic carbocycles. The second kappa shape index (κ2) is 4.10. The van der Waals surface area contributed by atoms with Crippen molar-refractivity contribution in [1.29, 1.82) is 0 Å². The summed E-state index contributed by atoms with van der Waals surface area (Å²) in [5.41, 5.74) is 5.78. The number of rotatable bonds is 1. The predicted octanol–water partition coefficient (Wildman–Crippen LogP) is 2.40. The van der Waals surface area contributed by atoms with Gasteiger partial charge in [0.2, 0.25) is 0 Å². The summed E-state index contributed by atoms with van der Waals surface area (Å²) in [7, 11) is 1.94. The molecule has 0 unspecified atom stereocenters. The average molecular weight is 267 g/mol. The minimum absolute atomic E-state index is 1.02. The van der Waals surface area contributed by atoms with Crippen LogP contribution >= 0.6 is 0 Å². The summed E-state index contributed by atoms with van der Waals surface area (Å²) in [5.74, 6) is 1.15. The van der Waals surface area contributed by atoms with E-state index in [2.05, 4.69) is 34.0 Å². The number of hydrogen-bond donors (Lipinski definition) is 1. The van der Waals surface area contributed by atoms with Crippen molar-refractivity contribution < 1.29 is 0 Å². The molecule has 5 nitrogen and oxygen atoms in total. The molecule has 20 heavy (non-hydrogen) atoms. The van der Waals surface area contributed by atoms with Crippen LogP contribution < -0.4 is 5.32 Å². The predicted molar refractivity (Wildman–Crippen MR) is 78.9 cm³/mol. The molecule has 0 atom stereocenters. The largest absolute Gasteiger partial charge is 0.370 e. The summed E-state index contributed by atoms with van der Waals surface area (Å²) in [4.78, 5) is 4.73. The molecule has 4 heterocycles. The number of aromatic nitrogens is 4. The molecule has 0 saturated heterocycles. The number of anilines is 1. The first kappa shape index (κ1) is 11.5. The van der Waals surface area contributed by atoms with Gasteiger partial charge in [0, 0.05) is 37.1 Å². The highest BCUT2D eigenvalue weighted by Gasteiger charge is 2.17. The molecule has 0 aliphatic carbocycles. The molecule has 3 aromatic heterocycles. The van der Waals surface area contributed by atoms with Crippen LogP contribution in [0.1, 0.15) is 17.7 Å². The van der Waals surface area contributed by atoms with Crippen LogP contribution in [0.4, 0.5) is 5.82 Å². The van der Waals surface area contributed by atoms with E-state index in [9.17, 15) is 0 Å². The fourth-order valence-corrected chi connectivity index (χ4v) is 2.92. The monoisotopic (exact) mass is 267 g/mol. The maximum Gasteiger partial charge on any atom is 0.138 e. The van der Waals surface area contributed by atoms with E-state index >= 15 is 0 Å². The molecule has 102 valence electrons. The molecule has 3 aromatic rings. The van der Waals surface area contributed by atoms with E-state index in [1.54, 1.807) is 0 Å². The molecule has 0 bridgehead atoms. The highest BCUT2D eigenvalue weighted by molar-refractivity contribution is 5.70. The zero-order chi connectivity index (χ0) is 13.7. The van der Waals surface area contributed by atoms with Crippen LogP contribution in [0.3, 0.4) is 0 Å². The molecular formula is C15H17N5. The van der Waals surface area contributed by atoms with Gasteiger partial charge in [0.05, 0.1) is 11.9 Å². The Balaban J connectivity index is 1.96. The Labute approximate surface area is 117 Å². The number of fused-ring (bicyclic) bond motifs is 3. The molecule has 5 heteroatoms. The Morgan fingerprint density at radius 1 is 1.30 bits per heavy atom. The molecule has 0 amide bonds. The molecule has 0 fully saturated rings. The zero-order valence-electron chi connectivity index (χ0n) is 11.7. The molecule has 0 spiro atoms. The van der Waals surface area contributed by atoms with Gasteiger partial charge in [-0.3, -0.25) is 9.08 Å². The minimum Gasteiger partial charge on any atom is -0.370 e. The molecule has 1 N–H and O–H groups in total. The summed E-state index contributed by atoms with van der Waals surface area (Å²) in [6.07, 6.45) is 8.35. The molecule has 1 aliphatic rings. The summed E-state index contributed by atoms with van der Waals surface area (Å²) in [6, 6.07) is 2.16. The van der Waals surface area contributed by atoms with Crippen molar-refractivity contribution in [3.8, 4) is 11.1 Å². The maximum absolute atomic E-state index is 4.73. The van der Waals surface area contributed by atoms with Gasteiger partial charge in [-0.25, -0.2) is 4.98 Å². The summed E-state index contributed by atoms with van der Waals surface area (Å²) in [6.45, 7) is 3.15. The average Bonchev–Trinajstić information content (AvgIpc) is 3.01. The summed E-state index contributed by atoms with van der Waals surface area (Å²) in [5, 5.41) is 7.73. The SMILES string of the molecule is Cc1cc2nc3c(n2cc1-c1cnn(C)c1)NCCC3. The molecule has 0 saturated carbocycles. The number of hydrogen-bond acceptors (Lipinski definition) is 3. The molecule has 0 radical (unpaired) electrons. The lowest BCUT2D eigenvalue weighted by molar-refractivity contribution is 0.768. The van der Waals surface area contributed by atoms with Crippen LogP contribution in [-0.2, 0) is 13.5 Å². The zero-order valence-corrected chi connectivity index (χ0v) is 11.7. The first-order valence-corrected chi connectivity index (χ1v) is 6.97. The van der Waals surface area contributed by atoms with E-state index in [1.807, 2.05) is 24.1 Å². The standard InChI is InChI=1S/C15H17N5/c1-10-6-14-18-13-4-3-5-16-15(13)20(14)9-12(10)11-7-17-19(2)8-11/h6-9,16H,3-5H2,1-2H3. The van der Waals surface area contributed by atoms with Crippen molar-refractivity contribution in [3.63, 3.8) is 0 Å². The second-order valence-corrected chi connectivity index (χ2v) is 5.44. The third-order valence-electron chi connectivity index (χ3n) is 3.94. The van der Waals surface area contributed by atoms with Gasteiger partial charge in [0.1, 0.15) is 11.5 Å². The van der Waals surface area contributed by atoms with Gasteiger partial charge < -0.3 is 5.32 Å². The lowest BCUT2D eigenvalue weighted by Crippen LogP contribution is -2.12. The number of pyridine rings is 1. The van der Waals surface area contributed by atoms with Crippen LogP contribution in [0.5, 0.6) is 0 Å². The van der Waals surface area contributed by atoms with Gasteiger partial charge in [0.25, 0.3) is 0 Å². The number of imidazole rings is 1. The van der Waals surface area contributed by atoms with E-state index in [1.165, 1.54) is 16.8 Å². The van der Waals surface area contributed by atoms with Crippen molar-refractivity contribution in [2.75, 3.05) is 11.9 Å². The van der Waals surface area contributed by atoms with Gasteiger partial charge in [-0.05, 0) is 31.4 Å². The quantitative estimate of drug-likeness (QED) is 0.736.